The Morgan fingerprint density at radius 3 is 2.54 bits per heavy atom. The minimum atomic E-state index is -0.676. The molecule has 2 aromatic carbocycles. The van der Waals surface area contributed by atoms with Crippen LogP contribution in [0.25, 0.3) is 28.5 Å². The van der Waals surface area contributed by atoms with E-state index in [9.17, 15) is 4.79 Å². The number of carbonyl (C=O) groups is 1. The molecule has 0 bridgehead atoms. The van der Waals surface area contributed by atoms with Crippen LogP contribution < -0.4 is 5.32 Å². The van der Waals surface area contributed by atoms with E-state index in [0.29, 0.717) is 35.1 Å². The van der Waals surface area contributed by atoms with Crippen molar-refractivity contribution in [2.45, 2.75) is 32.8 Å². The molecule has 0 saturated heterocycles. The van der Waals surface area contributed by atoms with Gasteiger partial charge in [0.2, 0.25) is 0 Å². The number of carbonyl (C=O) groups excluding carboxylic acids is 1. The minimum Gasteiger partial charge on any atom is -0.465 e. The molecule has 0 aliphatic rings. The number of nitrogens with one attached hydrogen (secondary N) is 1. The molecule has 1 N–H and O–H groups in total. The second-order valence-electron chi connectivity index (χ2n) is 9.56. The number of furan rings is 2. The molecule has 5 rings (SSSR count). The molecule has 7 nitrogen and oxygen atoms in total. The largest absolute Gasteiger partial charge is 0.465 e. The number of benzene rings is 2. The molecule has 0 aliphatic carbocycles. The molecular formula is C30H27N3O4. The number of rotatable bonds is 7. The second-order valence-corrected chi connectivity index (χ2v) is 9.56. The van der Waals surface area contributed by atoms with Gasteiger partial charge in [-0.25, -0.2) is 14.8 Å². The number of ether oxygens (including phenoxy) is 1. The number of para-hydroxylation sites is 1. The topological polar surface area (TPSA) is 90.4 Å². The summed E-state index contributed by atoms with van der Waals surface area (Å²) in [4.78, 5) is 22.6. The van der Waals surface area contributed by atoms with Crippen LogP contribution in [0.5, 0.6) is 0 Å². The molecule has 7 heteroatoms. The lowest BCUT2D eigenvalue weighted by Gasteiger charge is -2.21. The number of nitrogens with zero attached hydrogens (tertiary/aromatic N) is 2. The van der Waals surface area contributed by atoms with Crippen molar-refractivity contribution in [2.75, 3.05) is 5.32 Å². The van der Waals surface area contributed by atoms with Gasteiger partial charge < -0.3 is 18.9 Å². The van der Waals surface area contributed by atoms with Gasteiger partial charge in [-0.2, -0.15) is 0 Å². The summed E-state index contributed by atoms with van der Waals surface area (Å²) in [5.41, 5.74) is 2.59. The fraction of sp³-hybridized carbons (Fsp3) is 0.167. The van der Waals surface area contributed by atoms with Gasteiger partial charge in [-0.1, -0.05) is 48.5 Å². The highest BCUT2D eigenvalue weighted by atomic mass is 16.6. The standard InChI is InChI=1S/C30H27N3O4/c1-30(2,3)37-29(34)24(18-22-13-9-15-35-22)33-28-23(16-20-10-5-4-6-11-20)32-25(19-31-28)27-17-21-12-7-8-14-26(21)36-27/h4-15,17-19H,16H2,1-3H3,(H,31,33). The average Bonchev–Trinajstić information content (AvgIpc) is 3.54. The van der Waals surface area contributed by atoms with Crippen molar-refractivity contribution in [2.24, 2.45) is 0 Å². The Balaban J connectivity index is 1.55. The molecule has 0 radical (unpaired) electrons. The number of hydrogen-bond acceptors (Lipinski definition) is 7. The quantitative estimate of drug-likeness (QED) is 0.195. The van der Waals surface area contributed by atoms with Crippen LogP contribution in [-0.4, -0.2) is 21.5 Å². The van der Waals surface area contributed by atoms with Crippen LogP contribution in [0.15, 0.2) is 99.8 Å². The molecule has 0 atom stereocenters. The van der Waals surface area contributed by atoms with Crippen molar-refractivity contribution in [1.82, 2.24) is 9.97 Å². The van der Waals surface area contributed by atoms with E-state index in [2.05, 4.69) is 10.3 Å². The summed E-state index contributed by atoms with van der Waals surface area (Å²) in [5, 5.41) is 4.14. The first-order valence-corrected chi connectivity index (χ1v) is 12.0. The van der Waals surface area contributed by atoms with E-state index in [-0.39, 0.29) is 5.70 Å². The number of fused-ring (bicyclic) bond motifs is 1. The van der Waals surface area contributed by atoms with E-state index in [1.54, 1.807) is 30.7 Å². The Hall–Kier alpha value is -4.65. The molecule has 0 spiro atoms. The van der Waals surface area contributed by atoms with Crippen LogP contribution in [0.3, 0.4) is 0 Å². The van der Waals surface area contributed by atoms with Gasteiger partial charge in [0.1, 0.15) is 28.3 Å². The van der Waals surface area contributed by atoms with Gasteiger partial charge in [0, 0.05) is 17.9 Å². The summed E-state index contributed by atoms with van der Waals surface area (Å²) in [6.07, 6.45) is 5.26. The van der Waals surface area contributed by atoms with Crippen molar-refractivity contribution < 1.29 is 18.4 Å². The monoisotopic (exact) mass is 493 g/mol. The lowest BCUT2D eigenvalue weighted by Crippen LogP contribution is -2.27. The molecule has 0 aliphatic heterocycles. The molecule has 3 aromatic heterocycles. The highest BCUT2D eigenvalue weighted by Crippen LogP contribution is 2.28. The summed E-state index contributed by atoms with van der Waals surface area (Å²) in [7, 11) is 0. The van der Waals surface area contributed by atoms with Crippen LogP contribution in [0.4, 0.5) is 5.82 Å². The van der Waals surface area contributed by atoms with E-state index >= 15 is 0 Å². The molecule has 0 fully saturated rings. The number of aromatic nitrogens is 2. The minimum absolute atomic E-state index is 0.185. The summed E-state index contributed by atoms with van der Waals surface area (Å²) >= 11 is 0. The lowest BCUT2D eigenvalue weighted by molar-refractivity contribution is -0.149. The van der Waals surface area contributed by atoms with Gasteiger partial charge in [-0.05, 0) is 50.6 Å². The Morgan fingerprint density at radius 1 is 1.03 bits per heavy atom. The van der Waals surface area contributed by atoms with Gasteiger partial charge in [-0.3, -0.25) is 0 Å². The third kappa shape index (κ3) is 5.95. The zero-order valence-electron chi connectivity index (χ0n) is 20.9. The van der Waals surface area contributed by atoms with Crippen LogP contribution in [-0.2, 0) is 16.0 Å². The highest BCUT2D eigenvalue weighted by Gasteiger charge is 2.22. The molecule has 37 heavy (non-hydrogen) atoms. The van der Waals surface area contributed by atoms with Crippen molar-refractivity contribution in [3.05, 3.63) is 108 Å². The van der Waals surface area contributed by atoms with Gasteiger partial charge in [0.25, 0.3) is 0 Å². The van der Waals surface area contributed by atoms with Crippen molar-refractivity contribution in [3.8, 4) is 11.5 Å². The van der Waals surface area contributed by atoms with Gasteiger partial charge in [0.15, 0.2) is 11.6 Å². The third-order valence-corrected chi connectivity index (χ3v) is 5.44. The number of anilines is 1. The Bertz CT molecular complexity index is 1510. The maximum absolute atomic E-state index is 13.1. The maximum atomic E-state index is 13.1. The summed E-state index contributed by atoms with van der Waals surface area (Å²) < 4.78 is 17.1. The molecule has 3 heterocycles. The van der Waals surface area contributed by atoms with E-state index in [1.165, 1.54) is 0 Å². The molecule has 5 aromatic rings. The Labute approximate surface area is 214 Å². The zero-order valence-corrected chi connectivity index (χ0v) is 20.9. The molecule has 186 valence electrons. The number of hydrogen-bond donors (Lipinski definition) is 1. The fourth-order valence-corrected chi connectivity index (χ4v) is 3.79. The smallest absolute Gasteiger partial charge is 0.355 e. The molecule has 0 unspecified atom stereocenters. The van der Waals surface area contributed by atoms with Crippen LogP contribution in [0.2, 0.25) is 0 Å². The second kappa shape index (κ2) is 10.1. The van der Waals surface area contributed by atoms with Crippen LogP contribution >= 0.6 is 0 Å². The van der Waals surface area contributed by atoms with Crippen LogP contribution in [0, 0.1) is 0 Å². The van der Waals surface area contributed by atoms with Crippen molar-refractivity contribution in [3.63, 3.8) is 0 Å². The Kier molecular flexibility index (Phi) is 6.60. The summed E-state index contributed by atoms with van der Waals surface area (Å²) in [6, 6.07) is 23.2. The van der Waals surface area contributed by atoms with E-state index in [0.717, 1.165) is 16.5 Å². The maximum Gasteiger partial charge on any atom is 0.355 e. The van der Waals surface area contributed by atoms with E-state index < -0.39 is 11.6 Å². The molecule has 0 amide bonds. The fourth-order valence-electron chi connectivity index (χ4n) is 3.79. The Morgan fingerprint density at radius 2 is 1.81 bits per heavy atom. The predicted octanol–water partition coefficient (Wildman–Crippen LogP) is 6.87. The van der Waals surface area contributed by atoms with E-state index in [1.807, 2.05) is 81.4 Å². The van der Waals surface area contributed by atoms with Gasteiger partial charge >= 0.3 is 5.97 Å². The SMILES string of the molecule is CC(C)(C)OC(=O)C(=Cc1ccco1)Nc1ncc(-c2cc3ccccc3o2)nc1Cc1ccccc1. The predicted molar refractivity (Wildman–Crippen MR) is 143 cm³/mol. The summed E-state index contributed by atoms with van der Waals surface area (Å²) in [6.45, 7) is 5.45. The van der Waals surface area contributed by atoms with Gasteiger partial charge in [0.05, 0.1) is 18.2 Å². The molecular weight excluding hydrogens is 466 g/mol. The summed E-state index contributed by atoms with van der Waals surface area (Å²) in [5.74, 6) is 1.03. The zero-order chi connectivity index (χ0) is 25.8. The first-order valence-electron chi connectivity index (χ1n) is 12.0. The lowest BCUT2D eigenvalue weighted by atomic mass is 10.1. The number of esters is 1. The van der Waals surface area contributed by atoms with Crippen molar-refractivity contribution >= 4 is 28.8 Å². The first kappa shape index (κ1) is 24.1. The van der Waals surface area contributed by atoms with E-state index in [4.69, 9.17) is 18.6 Å². The van der Waals surface area contributed by atoms with Crippen LogP contribution in [0.1, 0.15) is 37.8 Å². The highest BCUT2D eigenvalue weighted by molar-refractivity contribution is 5.96. The van der Waals surface area contributed by atoms with Gasteiger partial charge in [-0.15, -0.1) is 0 Å². The average molecular weight is 494 g/mol. The normalized spacial score (nSPS) is 12.0. The third-order valence-electron chi connectivity index (χ3n) is 5.44. The first-order chi connectivity index (χ1) is 17.8. The van der Waals surface area contributed by atoms with Crippen molar-refractivity contribution in [1.29, 1.82) is 0 Å². The molecule has 0 saturated carbocycles.